The fourth-order valence-electron chi connectivity index (χ4n) is 2.12. The first-order valence-corrected chi connectivity index (χ1v) is 6.68. The summed E-state index contributed by atoms with van der Waals surface area (Å²) in [5.41, 5.74) is 13.7. The van der Waals surface area contributed by atoms with E-state index in [1.165, 1.54) is 11.1 Å². The van der Waals surface area contributed by atoms with Gasteiger partial charge < -0.3 is 11.5 Å². The summed E-state index contributed by atoms with van der Waals surface area (Å²) < 4.78 is 0. The molecule has 1 amide bonds. The highest BCUT2D eigenvalue weighted by atomic mass is 16.1. The second-order valence-electron chi connectivity index (χ2n) is 5.44. The van der Waals surface area contributed by atoms with E-state index in [0.29, 0.717) is 6.42 Å². The molecule has 0 unspecified atom stereocenters. The molecule has 3 nitrogen and oxygen atoms in total. The first-order valence-electron chi connectivity index (χ1n) is 6.68. The van der Waals surface area contributed by atoms with Gasteiger partial charge in [0.2, 0.25) is 5.91 Å². The highest BCUT2D eigenvalue weighted by molar-refractivity contribution is 5.84. The molecule has 0 saturated carbocycles. The second kappa shape index (κ2) is 5.88. The lowest BCUT2D eigenvalue weighted by atomic mass is 9.92. The number of rotatable bonds is 5. The van der Waals surface area contributed by atoms with Gasteiger partial charge in [0.1, 0.15) is 0 Å². The van der Waals surface area contributed by atoms with E-state index in [1.54, 1.807) is 6.92 Å². The number of nitrogens with two attached hydrogens (primary N) is 2. The minimum atomic E-state index is -0.999. The van der Waals surface area contributed by atoms with Gasteiger partial charge in [0, 0.05) is 0 Å². The van der Waals surface area contributed by atoms with Crippen molar-refractivity contribution in [1.82, 2.24) is 0 Å². The fourth-order valence-corrected chi connectivity index (χ4v) is 2.12. The predicted molar refractivity (Wildman–Crippen MR) is 81.2 cm³/mol. The van der Waals surface area contributed by atoms with E-state index in [9.17, 15) is 4.79 Å². The molecule has 1 atom stereocenters. The Morgan fingerprint density at radius 1 is 0.950 bits per heavy atom. The van der Waals surface area contributed by atoms with Crippen LogP contribution in [0.5, 0.6) is 0 Å². The van der Waals surface area contributed by atoms with Gasteiger partial charge in [-0.3, -0.25) is 4.79 Å². The first kappa shape index (κ1) is 14.3. The molecule has 0 radical (unpaired) electrons. The largest absolute Gasteiger partial charge is 0.368 e. The molecule has 2 aromatic rings. The van der Waals surface area contributed by atoms with Crippen LogP contribution in [-0.2, 0) is 17.6 Å². The van der Waals surface area contributed by atoms with Gasteiger partial charge in [-0.1, -0.05) is 54.6 Å². The molecule has 4 N–H and O–H groups in total. The highest BCUT2D eigenvalue weighted by Gasteiger charge is 2.25. The first-order chi connectivity index (χ1) is 9.47. The minimum absolute atomic E-state index is 0.452. The quantitative estimate of drug-likeness (QED) is 0.871. The van der Waals surface area contributed by atoms with Crippen molar-refractivity contribution in [3.63, 3.8) is 0 Å². The third-order valence-electron chi connectivity index (χ3n) is 3.41. The number of hydrogen-bond acceptors (Lipinski definition) is 2. The zero-order chi connectivity index (χ0) is 14.6. The summed E-state index contributed by atoms with van der Waals surface area (Å²) >= 11 is 0. The Morgan fingerprint density at radius 3 is 2.00 bits per heavy atom. The standard InChI is InChI=1S/C17H20N2O/c1-17(19,16(18)20)12-15-9-7-14(8-10-15)11-13-5-3-2-4-6-13/h2-10H,11-12,19H2,1H3,(H2,18,20)/t17-/m0/s1. The summed E-state index contributed by atoms with van der Waals surface area (Å²) in [5, 5.41) is 0. The monoisotopic (exact) mass is 268 g/mol. The fraction of sp³-hybridized carbons (Fsp3) is 0.235. The van der Waals surface area contributed by atoms with Crippen LogP contribution >= 0.6 is 0 Å². The lowest BCUT2D eigenvalue weighted by Gasteiger charge is -2.20. The predicted octanol–water partition coefficient (Wildman–Crippen LogP) is 2.02. The van der Waals surface area contributed by atoms with Crippen LogP contribution in [0.25, 0.3) is 0 Å². The topological polar surface area (TPSA) is 69.1 Å². The van der Waals surface area contributed by atoms with Crippen molar-refractivity contribution in [1.29, 1.82) is 0 Å². The third kappa shape index (κ3) is 3.68. The molecule has 104 valence electrons. The maximum Gasteiger partial charge on any atom is 0.237 e. The molecule has 20 heavy (non-hydrogen) atoms. The summed E-state index contributed by atoms with van der Waals surface area (Å²) in [6, 6.07) is 18.5. The highest BCUT2D eigenvalue weighted by Crippen LogP contribution is 2.14. The molecule has 0 fully saturated rings. The van der Waals surface area contributed by atoms with E-state index in [1.807, 2.05) is 30.3 Å². The van der Waals surface area contributed by atoms with Crippen LogP contribution in [0.2, 0.25) is 0 Å². The van der Waals surface area contributed by atoms with Gasteiger partial charge in [-0.25, -0.2) is 0 Å². The van der Waals surface area contributed by atoms with E-state index < -0.39 is 11.4 Å². The molecular formula is C17H20N2O. The molecule has 0 saturated heterocycles. The van der Waals surface area contributed by atoms with Crippen LogP contribution in [-0.4, -0.2) is 11.4 Å². The molecule has 0 heterocycles. The Balaban J connectivity index is 2.05. The van der Waals surface area contributed by atoms with Crippen molar-refractivity contribution in [3.05, 3.63) is 71.3 Å². The second-order valence-corrected chi connectivity index (χ2v) is 5.44. The van der Waals surface area contributed by atoms with Crippen LogP contribution in [0.15, 0.2) is 54.6 Å². The van der Waals surface area contributed by atoms with E-state index in [4.69, 9.17) is 11.5 Å². The molecule has 0 aliphatic heterocycles. The summed E-state index contributed by atoms with van der Waals surface area (Å²) in [6.45, 7) is 1.66. The summed E-state index contributed by atoms with van der Waals surface area (Å²) in [5.74, 6) is -0.481. The smallest absolute Gasteiger partial charge is 0.237 e. The van der Waals surface area contributed by atoms with Crippen LogP contribution < -0.4 is 11.5 Å². The van der Waals surface area contributed by atoms with Crippen LogP contribution in [0, 0.1) is 0 Å². The SMILES string of the molecule is C[C@](N)(Cc1ccc(Cc2ccccc2)cc1)C(N)=O. The Kier molecular flexibility index (Phi) is 4.20. The Labute approximate surface area is 119 Å². The van der Waals surface area contributed by atoms with Gasteiger partial charge in [-0.2, -0.15) is 0 Å². The van der Waals surface area contributed by atoms with Gasteiger partial charge in [0.25, 0.3) is 0 Å². The molecule has 0 bridgehead atoms. The summed E-state index contributed by atoms with van der Waals surface area (Å²) in [6.07, 6.45) is 1.35. The molecule has 0 aliphatic rings. The molecule has 0 aliphatic carbocycles. The van der Waals surface area contributed by atoms with E-state index >= 15 is 0 Å². The van der Waals surface area contributed by atoms with E-state index in [-0.39, 0.29) is 0 Å². The van der Waals surface area contributed by atoms with Crippen LogP contribution in [0.3, 0.4) is 0 Å². The van der Waals surface area contributed by atoms with E-state index in [2.05, 4.69) is 24.3 Å². The van der Waals surface area contributed by atoms with Crippen molar-refractivity contribution >= 4 is 5.91 Å². The van der Waals surface area contributed by atoms with Crippen molar-refractivity contribution in [2.24, 2.45) is 11.5 Å². The maximum atomic E-state index is 11.2. The zero-order valence-electron chi connectivity index (χ0n) is 11.7. The van der Waals surface area contributed by atoms with Gasteiger partial charge in [-0.15, -0.1) is 0 Å². The van der Waals surface area contributed by atoms with Gasteiger partial charge >= 0.3 is 0 Å². The molecular weight excluding hydrogens is 248 g/mol. The van der Waals surface area contributed by atoms with E-state index in [0.717, 1.165) is 12.0 Å². The van der Waals surface area contributed by atoms with Gasteiger partial charge in [-0.05, 0) is 36.5 Å². The Bertz CT molecular complexity index is 574. The molecule has 0 aromatic heterocycles. The van der Waals surface area contributed by atoms with Crippen molar-refractivity contribution in [2.45, 2.75) is 25.3 Å². The average molecular weight is 268 g/mol. The number of benzene rings is 2. The Morgan fingerprint density at radius 2 is 1.45 bits per heavy atom. The number of amides is 1. The summed E-state index contributed by atoms with van der Waals surface area (Å²) in [7, 11) is 0. The third-order valence-corrected chi connectivity index (χ3v) is 3.41. The van der Waals surface area contributed by atoms with Crippen molar-refractivity contribution in [2.75, 3.05) is 0 Å². The number of primary amides is 1. The Hall–Kier alpha value is -2.13. The minimum Gasteiger partial charge on any atom is -0.368 e. The molecule has 0 spiro atoms. The lowest BCUT2D eigenvalue weighted by molar-refractivity contribution is -0.122. The molecule has 3 heteroatoms. The zero-order valence-corrected chi connectivity index (χ0v) is 11.7. The van der Waals surface area contributed by atoms with Crippen molar-refractivity contribution in [3.8, 4) is 0 Å². The maximum absolute atomic E-state index is 11.2. The van der Waals surface area contributed by atoms with Gasteiger partial charge in [0.15, 0.2) is 0 Å². The van der Waals surface area contributed by atoms with Crippen LogP contribution in [0.1, 0.15) is 23.6 Å². The lowest BCUT2D eigenvalue weighted by Crippen LogP contribution is -2.51. The number of carbonyl (C=O) groups is 1. The number of hydrogen-bond donors (Lipinski definition) is 2. The molecule has 2 rings (SSSR count). The summed E-state index contributed by atoms with van der Waals surface area (Å²) in [4.78, 5) is 11.2. The average Bonchev–Trinajstić information content (AvgIpc) is 2.42. The van der Waals surface area contributed by atoms with Gasteiger partial charge in [0.05, 0.1) is 5.54 Å². The normalized spacial score (nSPS) is 13.7. The molecule has 2 aromatic carbocycles. The van der Waals surface area contributed by atoms with Crippen LogP contribution in [0.4, 0.5) is 0 Å². The number of carbonyl (C=O) groups excluding carboxylic acids is 1. The van der Waals surface area contributed by atoms with Crippen molar-refractivity contribution < 1.29 is 4.79 Å².